The van der Waals surface area contributed by atoms with Gasteiger partial charge in [-0.05, 0) is 24.6 Å². The van der Waals surface area contributed by atoms with Crippen LogP contribution in [0.15, 0.2) is 18.2 Å². The summed E-state index contributed by atoms with van der Waals surface area (Å²) in [5.41, 5.74) is 0.320. The molecular weight excluding hydrogens is 232 g/mol. The summed E-state index contributed by atoms with van der Waals surface area (Å²) < 4.78 is 30.3. The van der Waals surface area contributed by atoms with Crippen LogP contribution >= 0.6 is 0 Å². The van der Waals surface area contributed by atoms with Crippen molar-refractivity contribution in [3.8, 4) is 11.5 Å². The van der Waals surface area contributed by atoms with E-state index in [4.69, 9.17) is 4.55 Å². The van der Waals surface area contributed by atoms with Crippen molar-refractivity contribution >= 4 is 10.1 Å². The van der Waals surface area contributed by atoms with Crippen molar-refractivity contribution in [3.63, 3.8) is 0 Å². The van der Waals surface area contributed by atoms with Crippen LogP contribution in [0.3, 0.4) is 0 Å². The van der Waals surface area contributed by atoms with Crippen molar-refractivity contribution in [2.75, 3.05) is 5.75 Å². The number of benzene rings is 1. The third-order valence-corrected chi connectivity index (χ3v) is 3.18. The number of phenolic OH excluding ortho intramolecular Hbond substituents is 2. The normalized spacial score (nSPS) is 13.6. The van der Waals surface area contributed by atoms with Crippen LogP contribution in [-0.2, 0) is 10.1 Å². The summed E-state index contributed by atoms with van der Waals surface area (Å²) in [6, 6.07) is 3.89. The summed E-state index contributed by atoms with van der Waals surface area (Å²) in [6.07, 6.45) is 0.427. The Labute approximate surface area is 94.1 Å². The van der Waals surface area contributed by atoms with Crippen molar-refractivity contribution < 1.29 is 23.2 Å². The molecule has 16 heavy (non-hydrogen) atoms. The molecule has 0 aliphatic rings. The van der Waals surface area contributed by atoms with Crippen LogP contribution in [0.25, 0.3) is 0 Å². The van der Waals surface area contributed by atoms with Crippen LogP contribution in [0.2, 0.25) is 0 Å². The fourth-order valence-corrected chi connectivity index (χ4v) is 2.47. The molecule has 0 radical (unpaired) electrons. The van der Waals surface area contributed by atoms with Crippen molar-refractivity contribution in [1.29, 1.82) is 0 Å². The monoisotopic (exact) mass is 246 g/mol. The Morgan fingerprint density at radius 3 is 2.44 bits per heavy atom. The fraction of sp³-hybridized carbons (Fsp3) is 0.400. The van der Waals surface area contributed by atoms with Gasteiger partial charge in [0.1, 0.15) is 11.5 Å². The quantitative estimate of drug-likeness (QED) is 0.552. The second-order valence-corrected chi connectivity index (χ2v) is 5.09. The first-order valence-electron chi connectivity index (χ1n) is 4.80. The predicted octanol–water partition coefficient (Wildman–Crippen LogP) is 1.48. The predicted molar refractivity (Wildman–Crippen MR) is 59.2 cm³/mol. The number of hydrogen-bond acceptors (Lipinski definition) is 4. The Kier molecular flexibility index (Phi) is 3.77. The van der Waals surface area contributed by atoms with Crippen LogP contribution < -0.4 is 0 Å². The standard InChI is InChI=1S/C10H14O5S/c1-2-7(6-16(13,14)15)9-5-8(11)3-4-10(9)12/h3-5,7,11-12H,2,6H2,1H3,(H,13,14,15). The number of aromatic hydroxyl groups is 2. The van der Waals surface area contributed by atoms with Gasteiger partial charge in [0.25, 0.3) is 10.1 Å². The molecule has 0 fully saturated rings. The molecule has 0 aliphatic heterocycles. The van der Waals surface area contributed by atoms with Gasteiger partial charge in [0.05, 0.1) is 5.75 Å². The summed E-state index contributed by atoms with van der Waals surface area (Å²) in [4.78, 5) is 0. The lowest BCUT2D eigenvalue weighted by atomic mass is 9.97. The lowest BCUT2D eigenvalue weighted by molar-refractivity contribution is 0.444. The number of rotatable bonds is 4. The van der Waals surface area contributed by atoms with Gasteiger partial charge >= 0.3 is 0 Å². The highest BCUT2D eigenvalue weighted by Crippen LogP contribution is 2.31. The molecule has 0 saturated heterocycles. The first-order chi connectivity index (χ1) is 7.33. The second-order valence-electron chi connectivity index (χ2n) is 3.60. The van der Waals surface area contributed by atoms with E-state index in [0.29, 0.717) is 12.0 Å². The molecule has 0 amide bonds. The zero-order valence-electron chi connectivity index (χ0n) is 8.79. The maximum absolute atomic E-state index is 10.8. The van der Waals surface area contributed by atoms with Gasteiger partial charge in [-0.2, -0.15) is 8.42 Å². The van der Waals surface area contributed by atoms with E-state index in [1.54, 1.807) is 6.92 Å². The van der Waals surface area contributed by atoms with Gasteiger partial charge in [-0.25, -0.2) is 0 Å². The number of hydrogen-bond donors (Lipinski definition) is 3. The van der Waals surface area contributed by atoms with E-state index in [1.165, 1.54) is 18.2 Å². The molecule has 0 aliphatic carbocycles. The highest BCUT2D eigenvalue weighted by Gasteiger charge is 2.20. The summed E-state index contributed by atoms with van der Waals surface area (Å²) in [6.45, 7) is 1.74. The van der Waals surface area contributed by atoms with Gasteiger partial charge in [0.2, 0.25) is 0 Å². The van der Waals surface area contributed by atoms with Crippen LogP contribution in [0.1, 0.15) is 24.8 Å². The first kappa shape index (κ1) is 12.8. The molecular formula is C10H14O5S. The van der Waals surface area contributed by atoms with Crippen molar-refractivity contribution in [2.24, 2.45) is 0 Å². The van der Waals surface area contributed by atoms with Crippen LogP contribution in [0.5, 0.6) is 11.5 Å². The third kappa shape index (κ3) is 3.39. The Morgan fingerprint density at radius 1 is 1.31 bits per heavy atom. The van der Waals surface area contributed by atoms with Gasteiger partial charge in [-0.15, -0.1) is 0 Å². The van der Waals surface area contributed by atoms with E-state index in [1.807, 2.05) is 0 Å². The maximum atomic E-state index is 10.8. The summed E-state index contributed by atoms with van der Waals surface area (Å²) >= 11 is 0. The SMILES string of the molecule is CCC(CS(=O)(=O)O)c1cc(O)ccc1O. The minimum Gasteiger partial charge on any atom is -0.508 e. The Morgan fingerprint density at radius 2 is 1.94 bits per heavy atom. The van der Waals surface area contributed by atoms with Gasteiger partial charge in [0.15, 0.2) is 0 Å². The summed E-state index contributed by atoms with van der Waals surface area (Å²) in [5.74, 6) is -1.16. The summed E-state index contributed by atoms with van der Waals surface area (Å²) in [5, 5.41) is 18.8. The third-order valence-electron chi connectivity index (χ3n) is 2.36. The fourth-order valence-electron chi connectivity index (χ4n) is 1.55. The van der Waals surface area contributed by atoms with Gasteiger partial charge in [-0.3, -0.25) is 4.55 Å². The molecule has 6 heteroatoms. The summed E-state index contributed by atoms with van der Waals surface area (Å²) in [7, 11) is -4.11. The van der Waals surface area contributed by atoms with E-state index in [9.17, 15) is 18.6 Å². The molecule has 1 atom stereocenters. The molecule has 0 spiro atoms. The van der Waals surface area contributed by atoms with Crippen LogP contribution in [0, 0.1) is 0 Å². The van der Waals surface area contributed by atoms with E-state index in [-0.39, 0.29) is 11.5 Å². The van der Waals surface area contributed by atoms with E-state index in [2.05, 4.69) is 0 Å². The minimum absolute atomic E-state index is 0.0541. The molecule has 1 aromatic rings. The Balaban J connectivity index is 3.08. The van der Waals surface area contributed by atoms with Crippen molar-refractivity contribution in [3.05, 3.63) is 23.8 Å². The second kappa shape index (κ2) is 4.71. The van der Waals surface area contributed by atoms with Gasteiger partial charge in [0, 0.05) is 11.5 Å². The topological polar surface area (TPSA) is 94.8 Å². The molecule has 1 unspecified atom stereocenters. The average molecular weight is 246 g/mol. The smallest absolute Gasteiger partial charge is 0.265 e. The molecule has 0 saturated carbocycles. The molecule has 1 aromatic carbocycles. The lowest BCUT2D eigenvalue weighted by Crippen LogP contribution is -2.13. The highest BCUT2D eigenvalue weighted by molar-refractivity contribution is 7.85. The van der Waals surface area contributed by atoms with E-state index in [0.717, 1.165) is 0 Å². The minimum atomic E-state index is -4.11. The number of phenols is 2. The molecule has 3 N–H and O–H groups in total. The lowest BCUT2D eigenvalue weighted by Gasteiger charge is -2.15. The van der Waals surface area contributed by atoms with Gasteiger partial charge < -0.3 is 10.2 Å². The molecule has 5 nitrogen and oxygen atoms in total. The zero-order chi connectivity index (χ0) is 12.3. The zero-order valence-corrected chi connectivity index (χ0v) is 9.61. The van der Waals surface area contributed by atoms with Gasteiger partial charge in [-0.1, -0.05) is 6.92 Å². The molecule has 0 bridgehead atoms. The average Bonchev–Trinajstić information content (AvgIpc) is 2.17. The molecule has 1 rings (SSSR count). The first-order valence-corrected chi connectivity index (χ1v) is 6.41. The Bertz CT molecular complexity index is 466. The Hall–Kier alpha value is -1.27. The highest BCUT2D eigenvalue weighted by atomic mass is 32.2. The van der Waals surface area contributed by atoms with Crippen molar-refractivity contribution in [2.45, 2.75) is 19.3 Å². The maximum Gasteiger partial charge on any atom is 0.265 e. The van der Waals surface area contributed by atoms with Crippen LogP contribution in [-0.4, -0.2) is 28.9 Å². The van der Waals surface area contributed by atoms with Crippen molar-refractivity contribution in [1.82, 2.24) is 0 Å². The van der Waals surface area contributed by atoms with E-state index >= 15 is 0 Å². The molecule has 0 heterocycles. The molecule has 0 aromatic heterocycles. The largest absolute Gasteiger partial charge is 0.508 e. The van der Waals surface area contributed by atoms with Crippen LogP contribution in [0.4, 0.5) is 0 Å². The van der Waals surface area contributed by atoms with E-state index < -0.39 is 21.8 Å². The molecule has 90 valence electrons.